The van der Waals surface area contributed by atoms with E-state index in [0.29, 0.717) is 5.56 Å². The van der Waals surface area contributed by atoms with Crippen LogP contribution in [0.3, 0.4) is 0 Å². The largest absolute Gasteiger partial charge is 0.348 e. The molecule has 5 heteroatoms. The number of hydrogen-bond acceptors (Lipinski definition) is 2. The van der Waals surface area contributed by atoms with Crippen LogP contribution in [0.1, 0.15) is 48.3 Å². The Hall–Kier alpha value is -2.14. The lowest BCUT2D eigenvalue weighted by molar-refractivity contribution is -0.124. The number of carbonyl (C=O) groups is 2. The fraction of sp³-hybridized carbons (Fsp3) is 0.333. The molecule has 0 aliphatic heterocycles. The van der Waals surface area contributed by atoms with Crippen molar-refractivity contribution in [3.8, 4) is 0 Å². The standard InChI is InChI=1S/C21H25BrN2O2/c1-13(2)19(24-20(25)17-7-5-14(3)6-8-17)21(26)23-15(4)16-9-11-18(22)12-10-16/h5-13,15,19H,1-4H3,(H,23,26)(H,24,25). The van der Waals surface area contributed by atoms with E-state index in [2.05, 4.69) is 26.6 Å². The summed E-state index contributed by atoms with van der Waals surface area (Å²) in [5.41, 5.74) is 2.65. The van der Waals surface area contributed by atoms with Crippen molar-refractivity contribution in [1.29, 1.82) is 0 Å². The van der Waals surface area contributed by atoms with Gasteiger partial charge in [-0.2, -0.15) is 0 Å². The van der Waals surface area contributed by atoms with Crippen molar-refractivity contribution in [3.05, 3.63) is 69.7 Å². The summed E-state index contributed by atoms with van der Waals surface area (Å²) in [7, 11) is 0. The van der Waals surface area contributed by atoms with Gasteiger partial charge in [-0.05, 0) is 49.6 Å². The van der Waals surface area contributed by atoms with Crippen LogP contribution in [0, 0.1) is 12.8 Å². The smallest absolute Gasteiger partial charge is 0.251 e. The Bertz CT molecular complexity index is 755. The quantitative estimate of drug-likeness (QED) is 0.733. The van der Waals surface area contributed by atoms with E-state index in [0.717, 1.165) is 15.6 Å². The zero-order valence-corrected chi connectivity index (χ0v) is 17.1. The van der Waals surface area contributed by atoms with E-state index >= 15 is 0 Å². The van der Waals surface area contributed by atoms with Gasteiger partial charge in [-0.1, -0.05) is 59.6 Å². The second-order valence-electron chi connectivity index (χ2n) is 6.84. The van der Waals surface area contributed by atoms with Crippen LogP contribution in [0.4, 0.5) is 0 Å². The van der Waals surface area contributed by atoms with Gasteiger partial charge in [0.1, 0.15) is 6.04 Å². The van der Waals surface area contributed by atoms with Crippen LogP contribution in [0.25, 0.3) is 0 Å². The maximum atomic E-state index is 12.7. The number of nitrogens with one attached hydrogen (secondary N) is 2. The molecule has 0 bridgehead atoms. The van der Waals surface area contributed by atoms with E-state index in [1.54, 1.807) is 12.1 Å². The maximum Gasteiger partial charge on any atom is 0.251 e. The predicted octanol–water partition coefficient (Wildman–Crippen LogP) is 4.39. The minimum Gasteiger partial charge on any atom is -0.348 e. The predicted molar refractivity (Wildman–Crippen MR) is 108 cm³/mol. The maximum absolute atomic E-state index is 12.7. The molecule has 138 valence electrons. The highest BCUT2D eigenvalue weighted by Crippen LogP contribution is 2.17. The van der Waals surface area contributed by atoms with Crippen molar-refractivity contribution in [3.63, 3.8) is 0 Å². The Morgan fingerprint density at radius 3 is 2.00 bits per heavy atom. The number of amides is 2. The fourth-order valence-corrected chi connectivity index (χ4v) is 2.87. The van der Waals surface area contributed by atoms with Crippen molar-refractivity contribution >= 4 is 27.7 Å². The third-order valence-corrected chi connectivity index (χ3v) is 4.81. The number of hydrogen-bond donors (Lipinski definition) is 2. The number of aryl methyl sites for hydroxylation is 1. The Morgan fingerprint density at radius 2 is 1.46 bits per heavy atom. The normalized spacial score (nSPS) is 13.2. The molecule has 0 radical (unpaired) electrons. The third-order valence-electron chi connectivity index (χ3n) is 4.28. The molecule has 2 aromatic rings. The highest BCUT2D eigenvalue weighted by Gasteiger charge is 2.26. The summed E-state index contributed by atoms with van der Waals surface area (Å²) in [6.07, 6.45) is 0. The summed E-state index contributed by atoms with van der Waals surface area (Å²) in [6.45, 7) is 7.74. The van der Waals surface area contributed by atoms with E-state index in [1.807, 2.05) is 64.1 Å². The summed E-state index contributed by atoms with van der Waals surface area (Å²) in [5.74, 6) is -0.451. The zero-order chi connectivity index (χ0) is 19.3. The first-order valence-corrected chi connectivity index (χ1v) is 9.50. The molecular formula is C21H25BrN2O2. The zero-order valence-electron chi connectivity index (χ0n) is 15.5. The van der Waals surface area contributed by atoms with Crippen LogP contribution in [-0.4, -0.2) is 17.9 Å². The van der Waals surface area contributed by atoms with E-state index in [1.165, 1.54) is 0 Å². The Morgan fingerprint density at radius 1 is 0.885 bits per heavy atom. The lowest BCUT2D eigenvalue weighted by atomic mass is 10.0. The summed E-state index contributed by atoms with van der Waals surface area (Å²) in [5, 5.41) is 5.85. The van der Waals surface area contributed by atoms with Crippen LogP contribution in [0.2, 0.25) is 0 Å². The van der Waals surface area contributed by atoms with Crippen molar-refractivity contribution in [2.45, 2.75) is 39.8 Å². The van der Waals surface area contributed by atoms with Gasteiger partial charge in [0.15, 0.2) is 0 Å². The van der Waals surface area contributed by atoms with Gasteiger partial charge in [0.25, 0.3) is 5.91 Å². The second kappa shape index (κ2) is 8.99. The molecule has 0 saturated carbocycles. The van der Waals surface area contributed by atoms with Gasteiger partial charge in [-0.15, -0.1) is 0 Å². The molecule has 0 aromatic heterocycles. The topological polar surface area (TPSA) is 58.2 Å². The summed E-state index contributed by atoms with van der Waals surface area (Å²) < 4.78 is 0.991. The first-order valence-electron chi connectivity index (χ1n) is 8.71. The molecule has 2 aromatic carbocycles. The lowest BCUT2D eigenvalue weighted by Crippen LogP contribution is -2.50. The SMILES string of the molecule is Cc1ccc(C(=O)NC(C(=O)NC(C)c2ccc(Br)cc2)C(C)C)cc1. The average molecular weight is 417 g/mol. The minimum absolute atomic E-state index is 0.0264. The van der Waals surface area contributed by atoms with E-state index in [9.17, 15) is 9.59 Å². The first kappa shape index (κ1) is 20.2. The van der Waals surface area contributed by atoms with Crippen LogP contribution < -0.4 is 10.6 Å². The molecule has 0 fully saturated rings. The van der Waals surface area contributed by atoms with Crippen LogP contribution in [0.5, 0.6) is 0 Å². The van der Waals surface area contributed by atoms with E-state index < -0.39 is 6.04 Å². The molecule has 4 nitrogen and oxygen atoms in total. The van der Waals surface area contributed by atoms with E-state index in [4.69, 9.17) is 0 Å². The highest BCUT2D eigenvalue weighted by molar-refractivity contribution is 9.10. The van der Waals surface area contributed by atoms with Crippen molar-refractivity contribution in [2.24, 2.45) is 5.92 Å². The Balaban J connectivity index is 2.05. The molecule has 2 unspecified atom stereocenters. The van der Waals surface area contributed by atoms with Gasteiger partial charge < -0.3 is 10.6 Å². The fourth-order valence-electron chi connectivity index (χ4n) is 2.60. The summed E-state index contributed by atoms with van der Waals surface area (Å²) in [6, 6.07) is 14.4. The van der Waals surface area contributed by atoms with Crippen molar-refractivity contribution in [2.75, 3.05) is 0 Å². The first-order chi connectivity index (χ1) is 12.3. The molecule has 0 aliphatic rings. The molecule has 26 heavy (non-hydrogen) atoms. The number of halogens is 1. The highest BCUT2D eigenvalue weighted by atomic mass is 79.9. The van der Waals surface area contributed by atoms with Crippen molar-refractivity contribution < 1.29 is 9.59 Å². The lowest BCUT2D eigenvalue weighted by Gasteiger charge is -2.24. The van der Waals surface area contributed by atoms with Crippen LogP contribution in [0.15, 0.2) is 53.0 Å². The summed E-state index contributed by atoms with van der Waals surface area (Å²) in [4.78, 5) is 25.2. The molecular weight excluding hydrogens is 392 g/mol. The van der Waals surface area contributed by atoms with Crippen LogP contribution in [-0.2, 0) is 4.79 Å². The van der Waals surface area contributed by atoms with Gasteiger partial charge in [0, 0.05) is 10.0 Å². The molecule has 0 spiro atoms. The minimum atomic E-state index is -0.596. The van der Waals surface area contributed by atoms with Crippen LogP contribution >= 0.6 is 15.9 Å². The number of rotatable bonds is 6. The average Bonchev–Trinajstić information content (AvgIpc) is 2.60. The Labute approximate surface area is 163 Å². The molecule has 2 rings (SSSR count). The third kappa shape index (κ3) is 5.43. The van der Waals surface area contributed by atoms with Gasteiger partial charge in [-0.25, -0.2) is 0 Å². The molecule has 2 amide bonds. The van der Waals surface area contributed by atoms with Gasteiger partial charge in [0.2, 0.25) is 5.91 Å². The van der Waals surface area contributed by atoms with Crippen molar-refractivity contribution in [1.82, 2.24) is 10.6 Å². The summed E-state index contributed by atoms with van der Waals surface area (Å²) >= 11 is 3.41. The van der Waals surface area contributed by atoms with E-state index in [-0.39, 0.29) is 23.8 Å². The molecule has 2 atom stereocenters. The second-order valence-corrected chi connectivity index (χ2v) is 7.76. The Kier molecular flexibility index (Phi) is 6.98. The molecule has 0 aliphatic carbocycles. The number of carbonyl (C=O) groups excluding carboxylic acids is 2. The molecule has 0 saturated heterocycles. The van der Waals surface area contributed by atoms with Gasteiger partial charge >= 0.3 is 0 Å². The molecule has 0 heterocycles. The monoisotopic (exact) mass is 416 g/mol. The molecule has 2 N–H and O–H groups in total. The van der Waals surface area contributed by atoms with Gasteiger partial charge in [-0.3, -0.25) is 9.59 Å². The van der Waals surface area contributed by atoms with Gasteiger partial charge in [0.05, 0.1) is 6.04 Å². The number of benzene rings is 2.